The van der Waals surface area contributed by atoms with Gasteiger partial charge in [-0.15, -0.1) is 0 Å². The summed E-state index contributed by atoms with van der Waals surface area (Å²) in [6, 6.07) is 15.7. The van der Waals surface area contributed by atoms with Crippen molar-refractivity contribution in [2.45, 2.75) is 71.2 Å². The van der Waals surface area contributed by atoms with Gasteiger partial charge < -0.3 is 20.1 Å². The molecule has 0 bridgehead atoms. The van der Waals surface area contributed by atoms with Crippen molar-refractivity contribution in [2.75, 3.05) is 0 Å². The zero-order chi connectivity index (χ0) is 27.8. The Morgan fingerprint density at radius 2 is 1.61 bits per heavy atom. The molecule has 3 rings (SSSR count). The number of carbonyl (C=O) groups is 1. The number of rotatable bonds is 12. The predicted octanol–water partition coefficient (Wildman–Crippen LogP) is 6.31. The lowest BCUT2D eigenvalue weighted by molar-refractivity contribution is -0.139. The van der Waals surface area contributed by atoms with Gasteiger partial charge in [-0.1, -0.05) is 70.2 Å². The van der Waals surface area contributed by atoms with Crippen LogP contribution in [-0.4, -0.2) is 38.5 Å². The number of hydrogen-bond donors (Lipinski definition) is 3. The normalized spacial score (nSPS) is 13.3. The summed E-state index contributed by atoms with van der Waals surface area (Å²) in [6.07, 6.45) is 0.485. The third-order valence-corrected chi connectivity index (χ3v) is 6.16. The minimum atomic E-state index is -1.18. The van der Waals surface area contributed by atoms with Gasteiger partial charge in [0, 0.05) is 17.5 Å². The molecule has 1 heterocycles. The van der Waals surface area contributed by atoms with Gasteiger partial charge in [-0.25, -0.2) is 4.39 Å². The minimum Gasteiger partial charge on any atom is -0.489 e. The van der Waals surface area contributed by atoms with Crippen molar-refractivity contribution >= 4 is 12.0 Å². The average Bonchev–Trinajstić information content (AvgIpc) is 2.86. The summed E-state index contributed by atoms with van der Waals surface area (Å²) in [7, 11) is 0. The van der Waals surface area contributed by atoms with Crippen LogP contribution in [0.25, 0.3) is 17.2 Å². The van der Waals surface area contributed by atoms with Crippen molar-refractivity contribution in [3.05, 3.63) is 89.0 Å². The number of carboxylic acid groups (broad SMARTS) is 1. The van der Waals surface area contributed by atoms with Crippen LogP contribution in [0, 0.1) is 5.82 Å². The molecule has 38 heavy (non-hydrogen) atoms. The lowest BCUT2D eigenvalue weighted by atomic mass is 9.87. The Kier molecular flexibility index (Phi) is 10.2. The van der Waals surface area contributed by atoms with Crippen LogP contribution < -0.4 is 4.74 Å². The molecule has 1 aromatic heterocycles. The summed E-state index contributed by atoms with van der Waals surface area (Å²) in [6.45, 7) is 8.43. The van der Waals surface area contributed by atoms with E-state index in [0.29, 0.717) is 5.75 Å². The molecule has 0 amide bonds. The second-order valence-corrected chi connectivity index (χ2v) is 9.98. The third-order valence-electron chi connectivity index (χ3n) is 6.16. The van der Waals surface area contributed by atoms with E-state index in [1.165, 1.54) is 18.2 Å². The molecule has 2 aromatic carbocycles. The smallest absolute Gasteiger partial charge is 0.305 e. The van der Waals surface area contributed by atoms with Gasteiger partial charge in [0.25, 0.3) is 0 Å². The fraction of sp³-hybridized carbons (Fsp3) is 0.355. The topological polar surface area (TPSA) is 99.9 Å². The Morgan fingerprint density at radius 3 is 2.18 bits per heavy atom. The first-order valence-corrected chi connectivity index (χ1v) is 12.8. The number of aliphatic hydroxyl groups is 2. The van der Waals surface area contributed by atoms with Crippen LogP contribution in [-0.2, 0) is 11.4 Å². The summed E-state index contributed by atoms with van der Waals surface area (Å²) in [5, 5.41) is 29.4. The molecule has 202 valence electrons. The number of para-hydroxylation sites is 1. The molecular formula is C31H36FNO5. The fourth-order valence-electron chi connectivity index (χ4n) is 4.38. The molecular weight excluding hydrogens is 485 g/mol. The molecule has 3 N–H and O–H groups in total. The highest BCUT2D eigenvalue weighted by molar-refractivity contribution is 5.80. The number of nitrogens with zero attached hydrogens (tertiary/aromatic N) is 1. The van der Waals surface area contributed by atoms with Crippen LogP contribution >= 0.6 is 0 Å². The highest BCUT2D eigenvalue weighted by Crippen LogP contribution is 2.38. The van der Waals surface area contributed by atoms with E-state index in [9.17, 15) is 19.4 Å². The van der Waals surface area contributed by atoms with Crippen molar-refractivity contribution in [1.82, 2.24) is 4.98 Å². The highest BCUT2D eigenvalue weighted by Gasteiger charge is 2.24. The molecule has 0 saturated carbocycles. The molecule has 0 spiro atoms. The Balaban J connectivity index is 2.18. The molecule has 0 saturated heterocycles. The maximum Gasteiger partial charge on any atom is 0.305 e. The first-order chi connectivity index (χ1) is 18.1. The van der Waals surface area contributed by atoms with E-state index >= 15 is 0 Å². The molecule has 0 aliphatic heterocycles. The third kappa shape index (κ3) is 7.73. The van der Waals surface area contributed by atoms with Gasteiger partial charge in [0.1, 0.15) is 18.2 Å². The zero-order valence-electron chi connectivity index (χ0n) is 22.3. The van der Waals surface area contributed by atoms with Crippen molar-refractivity contribution in [3.63, 3.8) is 0 Å². The van der Waals surface area contributed by atoms with Gasteiger partial charge in [-0.3, -0.25) is 9.78 Å². The molecule has 6 nitrogen and oxygen atoms in total. The fourth-order valence-corrected chi connectivity index (χ4v) is 4.38. The lowest BCUT2D eigenvalue weighted by Gasteiger charge is -2.24. The van der Waals surface area contributed by atoms with Crippen molar-refractivity contribution in [1.29, 1.82) is 0 Å². The number of halogens is 1. The average molecular weight is 522 g/mol. The van der Waals surface area contributed by atoms with E-state index in [0.717, 1.165) is 33.6 Å². The number of hydrogen-bond acceptors (Lipinski definition) is 5. The Labute approximate surface area is 223 Å². The van der Waals surface area contributed by atoms with Gasteiger partial charge in [0.15, 0.2) is 0 Å². The largest absolute Gasteiger partial charge is 0.489 e. The molecule has 2 unspecified atom stereocenters. The Hall–Kier alpha value is -3.55. The van der Waals surface area contributed by atoms with Crippen molar-refractivity contribution in [2.24, 2.45) is 0 Å². The summed E-state index contributed by atoms with van der Waals surface area (Å²) < 4.78 is 20.1. The van der Waals surface area contributed by atoms with E-state index in [1.54, 1.807) is 18.2 Å². The van der Waals surface area contributed by atoms with E-state index in [2.05, 4.69) is 13.8 Å². The van der Waals surface area contributed by atoms with Gasteiger partial charge in [0.2, 0.25) is 0 Å². The van der Waals surface area contributed by atoms with Gasteiger partial charge >= 0.3 is 5.97 Å². The summed E-state index contributed by atoms with van der Waals surface area (Å²) in [5.41, 5.74) is 4.92. The Bertz CT molecular complexity index is 1240. The second-order valence-electron chi connectivity index (χ2n) is 9.98. The van der Waals surface area contributed by atoms with Crippen molar-refractivity contribution in [3.8, 4) is 16.9 Å². The van der Waals surface area contributed by atoms with Crippen LogP contribution in [0.2, 0.25) is 0 Å². The number of pyridine rings is 1. The van der Waals surface area contributed by atoms with Crippen LogP contribution in [0.1, 0.15) is 74.9 Å². The van der Waals surface area contributed by atoms with Gasteiger partial charge in [-0.2, -0.15) is 0 Å². The SMILES string of the molecule is CC(C)c1nc(C(C)C)c(COc2ccccc2)c(-c2ccc(F)cc2)c1/C=C/C(O)CC(O)CC(=O)O. The highest BCUT2D eigenvalue weighted by atomic mass is 19.1. The Morgan fingerprint density at radius 1 is 0.974 bits per heavy atom. The van der Waals surface area contributed by atoms with Crippen LogP contribution in [0.3, 0.4) is 0 Å². The first-order valence-electron chi connectivity index (χ1n) is 12.8. The summed E-state index contributed by atoms with van der Waals surface area (Å²) >= 11 is 0. The number of aliphatic carboxylic acids is 1. The number of aromatic nitrogens is 1. The summed E-state index contributed by atoms with van der Waals surface area (Å²) in [4.78, 5) is 15.9. The molecule has 0 aliphatic carbocycles. The number of aliphatic hydroxyl groups excluding tert-OH is 2. The summed E-state index contributed by atoms with van der Waals surface area (Å²) in [5.74, 6) is -0.662. The predicted molar refractivity (Wildman–Crippen MR) is 147 cm³/mol. The number of benzene rings is 2. The number of carboxylic acids is 1. The quantitative estimate of drug-likeness (QED) is 0.258. The first kappa shape index (κ1) is 29.0. The standard InChI is InChI=1S/C31H36FNO5/c1-19(2)30-26(15-14-23(34)16-24(35)17-28(36)37)29(21-10-12-22(32)13-11-21)27(31(33-30)20(3)4)18-38-25-8-6-5-7-9-25/h5-15,19-20,23-24,34-35H,16-18H2,1-4H3,(H,36,37)/b15-14+. The van der Waals surface area contributed by atoms with Crippen LogP contribution in [0.4, 0.5) is 4.39 Å². The van der Waals surface area contributed by atoms with Crippen molar-refractivity contribution < 1.29 is 29.2 Å². The lowest BCUT2D eigenvalue weighted by Crippen LogP contribution is -2.19. The molecule has 0 aliphatic rings. The molecule has 3 aromatic rings. The molecule has 0 fully saturated rings. The van der Waals surface area contributed by atoms with E-state index in [1.807, 2.05) is 44.2 Å². The second kappa shape index (κ2) is 13.3. The van der Waals surface area contributed by atoms with Crippen LogP contribution in [0.15, 0.2) is 60.7 Å². The van der Waals surface area contributed by atoms with Gasteiger partial charge in [0.05, 0.1) is 30.0 Å². The maximum absolute atomic E-state index is 13.9. The van der Waals surface area contributed by atoms with E-state index in [-0.39, 0.29) is 30.7 Å². The van der Waals surface area contributed by atoms with E-state index in [4.69, 9.17) is 14.8 Å². The molecule has 2 atom stereocenters. The molecule has 0 radical (unpaired) electrons. The molecule has 7 heteroatoms. The zero-order valence-corrected chi connectivity index (χ0v) is 22.3. The minimum absolute atomic E-state index is 0.0326. The maximum atomic E-state index is 13.9. The monoisotopic (exact) mass is 521 g/mol. The van der Waals surface area contributed by atoms with Gasteiger partial charge in [-0.05, 0) is 47.2 Å². The van der Waals surface area contributed by atoms with E-state index < -0.39 is 24.6 Å². The number of ether oxygens (including phenoxy) is 1. The van der Waals surface area contributed by atoms with Crippen LogP contribution in [0.5, 0.6) is 5.75 Å².